The maximum Gasteiger partial charge on any atom is 0.297 e. The van der Waals surface area contributed by atoms with Crippen molar-refractivity contribution in [3.05, 3.63) is 72.4 Å². The van der Waals surface area contributed by atoms with Crippen LogP contribution in [0.2, 0.25) is 0 Å². The van der Waals surface area contributed by atoms with Crippen LogP contribution in [0.4, 0.5) is 5.82 Å². The second-order valence-electron chi connectivity index (χ2n) is 8.88. The highest BCUT2D eigenvalue weighted by Gasteiger charge is 2.19. The molecule has 1 aliphatic rings. The number of pyridine rings is 2. The van der Waals surface area contributed by atoms with Crippen molar-refractivity contribution in [2.75, 3.05) is 38.3 Å². The van der Waals surface area contributed by atoms with Crippen LogP contribution in [0.1, 0.15) is 5.56 Å². The van der Waals surface area contributed by atoms with Gasteiger partial charge in [-0.05, 0) is 49.4 Å². The van der Waals surface area contributed by atoms with Gasteiger partial charge in [-0.25, -0.2) is 9.97 Å². The van der Waals surface area contributed by atoms with Crippen molar-refractivity contribution >= 4 is 26.8 Å². The van der Waals surface area contributed by atoms with Crippen molar-refractivity contribution in [3.63, 3.8) is 0 Å². The summed E-state index contributed by atoms with van der Waals surface area (Å²) < 4.78 is 41.0. The van der Waals surface area contributed by atoms with Gasteiger partial charge in [0.25, 0.3) is 10.1 Å². The lowest BCUT2D eigenvalue weighted by molar-refractivity contribution is 0.0649. The van der Waals surface area contributed by atoms with Crippen molar-refractivity contribution in [3.8, 4) is 22.8 Å². The molecule has 0 radical (unpaired) electrons. The highest BCUT2D eigenvalue weighted by molar-refractivity contribution is 7.86. The summed E-state index contributed by atoms with van der Waals surface area (Å²) in [6.07, 6.45) is 0.659. The highest BCUT2D eigenvalue weighted by Crippen LogP contribution is 2.33. The minimum absolute atomic E-state index is 0.0404. The molecule has 1 unspecified atom stereocenters. The summed E-state index contributed by atoms with van der Waals surface area (Å²) in [5, 5.41) is 11.1. The van der Waals surface area contributed by atoms with Gasteiger partial charge < -0.3 is 19.5 Å². The van der Waals surface area contributed by atoms with Gasteiger partial charge in [-0.1, -0.05) is 23.8 Å². The van der Waals surface area contributed by atoms with Crippen molar-refractivity contribution in [2.45, 2.75) is 17.9 Å². The van der Waals surface area contributed by atoms with E-state index in [4.69, 9.17) is 18.6 Å². The summed E-state index contributed by atoms with van der Waals surface area (Å²) >= 11 is 0. The molecule has 0 bridgehead atoms. The number of fused-ring (bicyclic) bond motifs is 2. The molecule has 37 heavy (non-hydrogen) atoms. The minimum atomic E-state index is -3.96. The third kappa shape index (κ3) is 5.66. The summed E-state index contributed by atoms with van der Waals surface area (Å²) in [6, 6.07) is 17.5. The van der Waals surface area contributed by atoms with Crippen LogP contribution in [0, 0.1) is 6.92 Å². The van der Waals surface area contributed by atoms with Gasteiger partial charge in [0.1, 0.15) is 25.1 Å². The summed E-state index contributed by atoms with van der Waals surface area (Å²) in [5.74, 6) is 2.08. The molecule has 0 fully saturated rings. The monoisotopic (exact) mass is 521 g/mol. The Morgan fingerprint density at radius 3 is 2.70 bits per heavy atom. The Kier molecular flexibility index (Phi) is 6.96. The number of rotatable bonds is 8. The molecule has 0 amide bonds. The first kappa shape index (κ1) is 24.9. The maximum absolute atomic E-state index is 12.3. The Morgan fingerprint density at radius 1 is 1.08 bits per heavy atom. The molecule has 192 valence electrons. The fraction of sp³-hybridized carbons (Fsp3) is 0.259. The molecule has 0 aliphatic carbocycles. The zero-order valence-electron chi connectivity index (χ0n) is 20.5. The predicted octanol–water partition coefficient (Wildman–Crippen LogP) is 3.58. The second kappa shape index (κ2) is 10.3. The Morgan fingerprint density at radius 2 is 1.89 bits per heavy atom. The van der Waals surface area contributed by atoms with Gasteiger partial charge >= 0.3 is 0 Å². The minimum Gasteiger partial charge on any atom is -0.491 e. The van der Waals surface area contributed by atoms with Gasteiger partial charge in [0, 0.05) is 24.2 Å². The summed E-state index contributed by atoms with van der Waals surface area (Å²) in [7, 11) is -1.97. The molecule has 1 aliphatic heterocycles. The molecular weight excluding hydrogens is 494 g/mol. The number of anilines is 1. The topological polar surface area (TPSA) is 111 Å². The normalized spacial score (nSPS) is 14.2. The molecule has 1 N–H and O–H groups in total. The van der Waals surface area contributed by atoms with Crippen LogP contribution in [0.15, 0.2) is 71.8 Å². The number of aryl methyl sites for hydroxylation is 1. The van der Waals surface area contributed by atoms with E-state index in [1.807, 2.05) is 44.3 Å². The first-order chi connectivity index (χ1) is 17.8. The van der Waals surface area contributed by atoms with Crippen LogP contribution < -0.4 is 14.4 Å². The van der Waals surface area contributed by atoms with Gasteiger partial charge in [-0.2, -0.15) is 8.42 Å². The van der Waals surface area contributed by atoms with Gasteiger partial charge in [-0.15, -0.1) is 0 Å². The number of aliphatic hydroxyl groups is 1. The zero-order valence-corrected chi connectivity index (χ0v) is 21.3. The number of hydrogen-bond donors (Lipinski definition) is 1. The smallest absolute Gasteiger partial charge is 0.297 e. The Balaban J connectivity index is 1.21. The molecule has 10 heteroatoms. The number of ether oxygens (including phenoxy) is 2. The number of hydrogen-bond acceptors (Lipinski definition) is 9. The SMILES string of the molecule is Cc1ccc(S(=O)(=O)OCC(O)COc2ccc3nc(-c4cnc5c(c4)OCCN5C)ccc3c2)cc1. The number of benzene rings is 2. The van der Waals surface area contributed by atoms with E-state index in [0.29, 0.717) is 12.4 Å². The fourth-order valence-corrected chi connectivity index (χ4v) is 4.85. The van der Waals surface area contributed by atoms with E-state index in [9.17, 15) is 13.5 Å². The fourth-order valence-electron chi connectivity index (χ4n) is 3.90. The summed E-state index contributed by atoms with van der Waals surface area (Å²) in [4.78, 5) is 11.4. The van der Waals surface area contributed by atoms with Crippen LogP contribution >= 0.6 is 0 Å². The number of likely N-dealkylation sites (N-methyl/N-ethyl adjacent to an activating group) is 1. The predicted molar refractivity (Wildman–Crippen MR) is 140 cm³/mol. The number of aliphatic hydroxyl groups excluding tert-OH is 1. The summed E-state index contributed by atoms with van der Waals surface area (Å²) in [5.41, 5.74) is 3.34. The molecule has 5 rings (SSSR count). The number of aromatic nitrogens is 2. The summed E-state index contributed by atoms with van der Waals surface area (Å²) in [6.45, 7) is 2.74. The van der Waals surface area contributed by atoms with E-state index in [2.05, 4.69) is 9.88 Å². The van der Waals surface area contributed by atoms with E-state index in [1.165, 1.54) is 12.1 Å². The molecule has 0 saturated heterocycles. The third-order valence-electron chi connectivity index (χ3n) is 6.00. The standard InChI is InChI=1S/C27H27N3O6S/c1-18-3-7-23(8-4-18)37(32,33)36-17-21(31)16-35-22-6-10-24-19(13-22)5-9-25(29-24)20-14-26-27(28-15-20)30(2)11-12-34-26/h3-10,13-15,21,31H,11-12,16-17H2,1-2H3. The van der Waals surface area contributed by atoms with Crippen molar-refractivity contribution in [1.82, 2.24) is 9.97 Å². The molecular formula is C27H27N3O6S. The average molecular weight is 522 g/mol. The van der Waals surface area contributed by atoms with Crippen molar-refractivity contribution in [2.24, 2.45) is 0 Å². The average Bonchev–Trinajstić information content (AvgIpc) is 2.90. The molecule has 3 heterocycles. The lowest BCUT2D eigenvalue weighted by Gasteiger charge is -2.26. The zero-order chi connectivity index (χ0) is 26.0. The Bertz CT molecular complexity index is 1530. The molecule has 2 aromatic carbocycles. The maximum atomic E-state index is 12.3. The first-order valence-corrected chi connectivity index (χ1v) is 13.2. The van der Waals surface area contributed by atoms with E-state index >= 15 is 0 Å². The van der Waals surface area contributed by atoms with E-state index in [0.717, 1.165) is 45.8 Å². The Hall–Kier alpha value is -3.73. The second-order valence-corrected chi connectivity index (χ2v) is 10.5. The van der Waals surface area contributed by atoms with E-state index < -0.39 is 22.8 Å². The van der Waals surface area contributed by atoms with Crippen LogP contribution in [-0.4, -0.2) is 63.0 Å². The van der Waals surface area contributed by atoms with Crippen LogP contribution in [0.5, 0.6) is 11.5 Å². The first-order valence-electron chi connectivity index (χ1n) is 11.8. The van der Waals surface area contributed by atoms with Gasteiger partial charge in [-0.3, -0.25) is 4.18 Å². The Labute approximate surface area is 215 Å². The molecule has 2 aromatic heterocycles. The molecule has 0 saturated carbocycles. The molecule has 0 spiro atoms. The van der Waals surface area contributed by atoms with E-state index in [-0.39, 0.29) is 11.5 Å². The lowest BCUT2D eigenvalue weighted by Crippen LogP contribution is -2.29. The largest absolute Gasteiger partial charge is 0.491 e. The third-order valence-corrected chi connectivity index (χ3v) is 7.30. The van der Waals surface area contributed by atoms with Crippen molar-refractivity contribution in [1.29, 1.82) is 0 Å². The van der Waals surface area contributed by atoms with Gasteiger partial charge in [0.15, 0.2) is 11.6 Å². The van der Waals surface area contributed by atoms with Crippen LogP contribution in [-0.2, 0) is 14.3 Å². The molecule has 9 nitrogen and oxygen atoms in total. The van der Waals surface area contributed by atoms with Gasteiger partial charge in [0.05, 0.1) is 29.3 Å². The van der Waals surface area contributed by atoms with Crippen LogP contribution in [0.25, 0.3) is 22.2 Å². The van der Waals surface area contributed by atoms with Crippen LogP contribution in [0.3, 0.4) is 0 Å². The quantitative estimate of drug-likeness (QED) is 0.348. The van der Waals surface area contributed by atoms with E-state index in [1.54, 1.807) is 24.4 Å². The molecule has 4 aromatic rings. The number of nitrogens with zero attached hydrogens (tertiary/aromatic N) is 3. The van der Waals surface area contributed by atoms with Gasteiger partial charge in [0.2, 0.25) is 0 Å². The lowest BCUT2D eigenvalue weighted by atomic mass is 10.1. The van der Waals surface area contributed by atoms with Crippen molar-refractivity contribution < 1.29 is 27.2 Å². The highest BCUT2D eigenvalue weighted by atomic mass is 32.2. The molecule has 1 atom stereocenters.